The average Bonchev–Trinajstić information content (AvgIpc) is 3.18. The maximum Gasteiger partial charge on any atom is 2.00 e. The van der Waals surface area contributed by atoms with Crippen molar-refractivity contribution >= 4 is 56.1 Å². The van der Waals surface area contributed by atoms with Crippen LogP contribution < -0.4 is 10.6 Å². The molecule has 2 aliphatic heterocycles. The Kier molecular flexibility index (Phi) is 16.9. The number of carbonyl (C=O) groups excluding carboxylic acids is 4. The minimum absolute atomic E-state index is 0. The number of Topliss-reactive ketones (excluding diaryl/α,β-unsaturated/α-hetero) is 2. The molecule has 57 heavy (non-hydrogen) atoms. The van der Waals surface area contributed by atoms with Gasteiger partial charge in [-0.05, 0) is 48.5 Å². The number of likely N-dealkylation sites (N-methyl/N-ethyl adjacent to an activating group) is 2. The molecule has 0 aliphatic carbocycles. The standard InChI is InChI=1S/2C15H13N3O4S.2C3H7NO.Cu/c2*1-18-13(15(20)17-12-8-4-5-9-16-12)14(19)10-6-2-3-7-11(10)23(18,21)22;2*1-4(2)3-5;/h2*2-9,20H,1H3,(H,16,17);2*3H,1-2H3;/q;;;;+2/b2*15-13+;;;. The van der Waals surface area contributed by atoms with Gasteiger partial charge in [0.1, 0.15) is 11.6 Å². The van der Waals surface area contributed by atoms with E-state index in [2.05, 4.69) is 20.6 Å². The predicted octanol–water partition coefficient (Wildman–Crippen LogP) is 2.88. The SMILES string of the molecule is CN(C)C=O.CN(C)C=O.CN1/C(=C(/O)Nc2ccccn2)C(=O)c2ccccc2S1(=O)=O.CN1/C(=C(/O)Nc2ccccn2)C(=O)c2ccccc2S1(=O)=O.[Cu+2]. The second-order valence-corrected chi connectivity index (χ2v) is 15.7. The Balaban J connectivity index is 0.000000314. The predicted molar refractivity (Wildman–Crippen MR) is 206 cm³/mol. The van der Waals surface area contributed by atoms with Crippen LogP contribution in [0.2, 0.25) is 0 Å². The summed E-state index contributed by atoms with van der Waals surface area (Å²) in [5.41, 5.74) is -0.659. The Bertz CT molecular complexity index is 2180. The van der Waals surface area contributed by atoms with Crippen molar-refractivity contribution in [3.63, 3.8) is 0 Å². The fourth-order valence-corrected chi connectivity index (χ4v) is 7.37. The van der Waals surface area contributed by atoms with E-state index in [1.807, 2.05) is 0 Å². The summed E-state index contributed by atoms with van der Waals surface area (Å²) in [4.78, 5) is 54.6. The number of rotatable bonds is 6. The molecular weight excluding hydrogens is 832 g/mol. The normalized spacial score (nSPS) is 16.0. The van der Waals surface area contributed by atoms with Crippen molar-refractivity contribution in [2.75, 3.05) is 52.9 Å². The maximum absolute atomic E-state index is 12.6. The second-order valence-electron chi connectivity index (χ2n) is 11.8. The summed E-state index contributed by atoms with van der Waals surface area (Å²) >= 11 is 0. The van der Waals surface area contributed by atoms with E-state index in [1.54, 1.807) is 76.7 Å². The Morgan fingerprint density at radius 2 is 0.895 bits per heavy atom. The second kappa shape index (κ2) is 20.6. The molecule has 0 bridgehead atoms. The summed E-state index contributed by atoms with van der Waals surface area (Å²) in [7, 11) is 1.37. The van der Waals surface area contributed by atoms with Crippen LogP contribution in [0, 0.1) is 0 Å². The third-order valence-corrected chi connectivity index (χ3v) is 10.9. The van der Waals surface area contributed by atoms with Gasteiger partial charge in [0.05, 0.1) is 9.79 Å². The summed E-state index contributed by atoms with van der Waals surface area (Å²) in [5.74, 6) is -1.74. The van der Waals surface area contributed by atoms with Gasteiger partial charge in [0.25, 0.3) is 20.0 Å². The quantitative estimate of drug-likeness (QED) is 0.0944. The van der Waals surface area contributed by atoms with E-state index in [0.29, 0.717) is 0 Å². The number of aliphatic hydroxyl groups excluding tert-OH is 2. The van der Waals surface area contributed by atoms with Crippen LogP contribution in [-0.2, 0) is 46.7 Å². The van der Waals surface area contributed by atoms with Gasteiger partial charge < -0.3 is 30.6 Å². The van der Waals surface area contributed by atoms with Crippen molar-refractivity contribution in [1.29, 1.82) is 0 Å². The van der Waals surface area contributed by atoms with Crippen molar-refractivity contribution < 1.29 is 63.3 Å². The minimum atomic E-state index is -3.91. The van der Waals surface area contributed by atoms with Crippen LogP contribution in [0.15, 0.2) is 130 Å². The smallest absolute Gasteiger partial charge is 0.493 e. The number of nitrogens with zero attached hydrogens (tertiary/aromatic N) is 6. The van der Waals surface area contributed by atoms with Gasteiger partial charge in [-0.15, -0.1) is 0 Å². The molecule has 21 heteroatoms. The first-order chi connectivity index (χ1) is 26.4. The zero-order valence-electron chi connectivity index (χ0n) is 31.4. The number of pyridine rings is 2. The maximum atomic E-state index is 12.6. The number of aromatic nitrogens is 2. The molecule has 2 aromatic heterocycles. The number of benzene rings is 2. The van der Waals surface area contributed by atoms with E-state index < -0.39 is 43.4 Å². The Morgan fingerprint density at radius 3 is 1.18 bits per heavy atom. The molecule has 1 radical (unpaired) electrons. The van der Waals surface area contributed by atoms with Gasteiger partial charge in [0.2, 0.25) is 36.2 Å². The van der Waals surface area contributed by atoms with E-state index in [-0.39, 0.29) is 61.0 Å². The largest absolute Gasteiger partial charge is 2.00 e. The van der Waals surface area contributed by atoms with E-state index >= 15 is 0 Å². The molecule has 4 N–H and O–H groups in total. The number of sulfonamides is 2. The number of fused-ring (bicyclic) bond motifs is 2. The number of ketones is 2. The molecule has 4 heterocycles. The van der Waals surface area contributed by atoms with Crippen molar-refractivity contribution in [2.24, 2.45) is 0 Å². The molecule has 0 spiro atoms. The van der Waals surface area contributed by atoms with E-state index in [1.165, 1.54) is 72.7 Å². The monoisotopic (exact) mass is 871 g/mol. The molecule has 305 valence electrons. The van der Waals surface area contributed by atoms with Gasteiger partial charge in [0, 0.05) is 65.8 Å². The zero-order chi connectivity index (χ0) is 41.8. The first-order valence-corrected chi connectivity index (χ1v) is 19.0. The average molecular weight is 872 g/mol. The number of carbonyl (C=O) groups is 4. The summed E-state index contributed by atoms with van der Waals surface area (Å²) in [6.45, 7) is 0. The first-order valence-electron chi connectivity index (χ1n) is 16.1. The van der Waals surface area contributed by atoms with E-state index in [9.17, 15) is 46.2 Å². The molecule has 2 amide bonds. The molecular formula is C36H40CuN8O10S2+2. The molecule has 2 aromatic carbocycles. The number of hydrogen-bond acceptors (Lipinski definition) is 14. The van der Waals surface area contributed by atoms with E-state index in [4.69, 9.17) is 0 Å². The Morgan fingerprint density at radius 1 is 0.596 bits per heavy atom. The van der Waals surface area contributed by atoms with Gasteiger partial charge in [-0.25, -0.2) is 26.8 Å². The summed E-state index contributed by atoms with van der Waals surface area (Å²) in [5, 5.41) is 25.5. The van der Waals surface area contributed by atoms with E-state index in [0.717, 1.165) is 21.4 Å². The van der Waals surface area contributed by atoms with Gasteiger partial charge >= 0.3 is 17.1 Å². The minimum Gasteiger partial charge on any atom is -0.493 e. The third-order valence-electron chi connectivity index (χ3n) is 7.29. The molecule has 0 saturated carbocycles. The van der Waals surface area contributed by atoms with Gasteiger partial charge in [-0.2, -0.15) is 0 Å². The van der Waals surface area contributed by atoms with Crippen molar-refractivity contribution in [2.45, 2.75) is 9.79 Å². The molecule has 4 aromatic rings. The van der Waals surface area contributed by atoms with Gasteiger partial charge in [-0.3, -0.25) is 27.8 Å². The van der Waals surface area contributed by atoms with Crippen LogP contribution in [0.25, 0.3) is 0 Å². The molecule has 2 aliphatic rings. The van der Waals surface area contributed by atoms with Crippen molar-refractivity contribution in [3.05, 3.63) is 132 Å². The number of nitrogens with one attached hydrogen (secondary N) is 2. The molecule has 18 nitrogen and oxygen atoms in total. The zero-order valence-corrected chi connectivity index (χ0v) is 33.9. The fourth-order valence-electron chi connectivity index (χ4n) is 4.58. The van der Waals surface area contributed by atoms with Crippen molar-refractivity contribution in [1.82, 2.24) is 28.4 Å². The first kappa shape index (κ1) is 46.9. The molecule has 0 fully saturated rings. The number of aliphatic hydroxyl groups is 2. The number of anilines is 2. The van der Waals surface area contributed by atoms with Crippen molar-refractivity contribution in [3.8, 4) is 0 Å². The molecule has 0 unspecified atom stereocenters. The number of amides is 2. The fraction of sp³-hybridized carbons (Fsp3) is 0.167. The summed E-state index contributed by atoms with van der Waals surface area (Å²) in [6.07, 6.45) is 4.50. The van der Waals surface area contributed by atoms with Crippen LogP contribution in [-0.4, -0.2) is 122 Å². The number of allylic oxidation sites excluding steroid dienone is 2. The number of hydrogen-bond donors (Lipinski definition) is 4. The molecule has 0 saturated heterocycles. The van der Waals surface area contributed by atoms with Crippen LogP contribution in [0.1, 0.15) is 20.7 Å². The summed E-state index contributed by atoms with van der Waals surface area (Å²) in [6, 6.07) is 21.7. The Hall–Kier alpha value is -6.28. The topological polar surface area (TPSA) is 240 Å². The van der Waals surface area contributed by atoms with Crippen LogP contribution in [0.3, 0.4) is 0 Å². The van der Waals surface area contributed by atoms with Crippen LogP contribution >= 0.6 is 0 Å². The third kappa shape index (κ3) is 11.4. The van der Waals surface area contributed by atoms with Crippen LogP contribution in [0.4, 0.5) is 11.6 Å². The Labute approximate surface area is 340 Å². The van der Waals surface area contributed by atoms with Gasteiger partial charge in [0.15, 0.2) is 11.4 Å². The van der Waals surface area contributed by atoms with Gasteiger partial charge in [-0.1, -0.05) is 36.4 Å². The van der Waals surface area contributed by atoms with Crippen LogP contribution in [0.5, 0.6) is 0 Å². The summed E-state index contributed by atoms with van der Waals surface area (Å²) < 4.78 is 51.5. The molecule has 0 atom stereocenters. The molecule has 6 rings (SSSR count).